The van der Waals surface area contributed by atoms with Crippen LogP contribution in [0.4, 0.5) is 0 Å². The summed E-state index contributed by atoms with van der Waals surface area (Å²) in [6.07, 6.45) is 1.19. The molecule has 2 aliphatic rings. The van der Waals surface area contributed by atoms with Crippen molar-refractivity contribution in [3.05, 3.63) is 11.5 Å². The minimum atomic E-state index is 0.444. The third-order valence-electron chi connectivity index (χ3n) is 2.27. The lowest BCUT2D eigenvalue weighted by Crippen LogP contribution is -2.00. The molecule has 0 N–H and O–H groups in total. The Morgan fingerprint density at radius 3 is 2.10 bits per heavy atom. The van der Waals surface area contributed by atoms with Gasteiger partial charge >= 0.3 is 0 Å². The van der Waals surface area contributed by atoms with Gasteiger partial charge in [0, 0.05) is 11.8 Å². The Balaban J connectivity index is 2.27. The van der Waals surface area contributed by atoms with Crippen LogP contribution in [0.25, 0.3) is 0 Å². The predicted octanol–water partition coefficient (Wildman–Crippen LogP) is 1.88. The van der Waals surface area contributed by atoms with Crippen LogP contribution in [0.15, 0.2) is 11.5 Å². The monoisotopic (exact) mass is 140 g/mol. The Morgan fingerprint density at radius 1 is 1.10 bits per heavy atom. The van der Waals surface area contributed by atoms with Crippen LogP contribution in [0, 0.1) is 11.8 Å². The van der Waals surface area contributed by atoms with Gasteiger partial charge in [-0.1, -0.05) is 13.8 Å². The van der Waals surface area contributed by atoms with E-state index in [9.17, 15) is 0 Å². The summed E-state index contributed by atoms with van der Waals surface area (Å²) in [5, 5.41) is 0. The molecule has 2 unspecified atom stereocenters. The van der Waals surface area contributed by atoms with E-state index < -0.39 is 0 Å². The highest BCUT2D eigenvalue weighted by Gasteiger charge is 2.34. The molecule has 2 rings (SSSR count). The maximum absolute atomic E-state index is 5.32. The predicted molar refractivity (Wildman–Crippen MR) is 37.0 cm³/mol. The van der Waals surface area contributed by atoms with Crippen molar-refractivity contribution in [2.45, 2.75) is 20.3 Å². The van der Waals surface area contributed by atoms with Crippen molar-refractivity contribution in [3.8, 4) is 0 Å². The molecule has 1 aliphatic carbocycles. The second kappa shape index (κ2) is 1.91. The first-order valence-corrected chi connectivity index (χ1v) is 3.78. The largest absolute Gasteiger partial charge is 0.458 e. The van der Waals surface area contributed by atoms with Crippen molar-refractivity contribution in [3.63, 3.8) is 0 Å². The van der Waals surface area contributed by atoms with Crippen LogP contribution in [0.5, 0.6) is 0 Å². The van der Waals surface area contributed by atoms with E-state index in [4.69, 9.17) is 9.47 Å². The van der Waals surface area contributed by atoms with Gasteiger partial charge in [0.1, 0.15) is 11.5 Å². The van der Waals surface area contributed by atoms with Gasteiger partial charge in [0.25, 0.3) is 0 Å². The van der Waals surface area contributed by atoms with E-state index >= 15 is 0 Å². The van der Waals surface area contributed by atoms with E-state index in [2.05, 4.69) is 13.8 Å². The van der Waals surface area contributed by atoms with Crippen LogP contribution in [0.1, 0.15) is 20.3 Å². The van der Waals surface area contributed by atoms with E-state index in [0.29, 0.717) is 18.6 Å². The normalized spacial score (nSPS) is 37.4. The number of hydrogen-bond donors (Lipinski definition) is 0. The molecule has 0 radical (unpaired) electrons. The highest BCUT2D eigenvalue weighted by molar-refractivity contribution is 5.16. The molecule has 0 amide bonds. The maximum Gasteiger partial charge on any atom is 0.230 e. The summed E-state index contributed by atoms with van der Waals surface area (Å²) in [6, 6.07) is 0. The second-order valence-electron chi connectivity index (χ2n) is 3.17. The zero-order chi connectivity index (χ0) is 7.14. The van der Waals surface area contributed by atoms with Crippen molar-refractivity contribution in [1.29, 1.82) is 0 Å². The van der Waals surface area contributed by atoms with Crippen LogP contribution in [0.2, 0.25) is 0 Å². The number of hydrogen-bond acceptors (Lipinski definition) is 2. The number of ether oxygens (including phenoxy) is 2. The molecule has 2 heteroatoms. The fourth-order valence-electron chi connectivity index (χ4n) is 1.81. The van der Waals surface area contributed by atoms with E-state index in [1.807, 2.05) is 0 Å². The molecule has 0 bridgehead atoms. The quantitative estimate of drug-likeness (QED) is 0.511. The summed E-state index contributed by atoms with van der Waals surface area (Å²) in [7, 11) is 0. The lowest BCUT2D eigenvalue weighted by Gasteiger charge is -2.08. The van der Waals surface area contributed by atoms with Crippen LogP contribution < -0.4 is 0 Å². The molecule has 2 atom stereocenters. The maximum atomic E-state index is 5.32. The van der Waals surface area contributed by atoms with Crippen LogP contribution in [-0.2, 0) is 9.47 Å². The highest BCUT2D eigenvalue weighted by Crippen LogP contribution is 2.40. The van der Waals surface area contributed by atoms with Crippen LogP contribution in [0.3, 0.4) is 0 Å². The molecule has 10 heavy (non-hydrogen) atoms. The molecule has 0 fully saturated rings. The van der Waals surface area contributed by atoms with Crippen molar-refractivity contribution in [1.82, 2.24) is 0 Å². The first kappa shape index (κ1) is 6.08. The smallest absolute Gasteiger partial charge is 0.230 e. The van der Waals surface area contributed by atoms with Crippen molar-refractivity contribution in [2.75, 3.05) is 6.79 Å². The second-order valence-corrected chi connectivity index (χ2v) is 3.17. The third kappa shape index (κ3) is 0.648. The summed E-state index contributed by atoms with van der Waals surface area (Å²) in [5.41, 5.74) is 0. The van der Waals surface area contributed by atoms with E-state index in [1.165, 1.54) is 6.42 Å². The van der Waals surface area contributed by atoms with E-state index in [-0.39, 0.29) is 0 Å². The number of allylic oxidation sites excluding steroid dienone is 2. The number of rotatable bonds is 0. The van der Waals surface area contributed by atoms with Crippen molar-refractivity contribution >= 4 is 0 Å². The van der Waals surface area contributed by atoms with Gasteiger partial charge in [-0.2, -0.15) is 0 Å². The first-order chi connectivity index (χ1) is 4.79. The SMILES string of the molecule is CC1CC(C)C2=C1OCO2. The Kier molecular flexibility index (Phi) is 1.16. The van der Waals surface area contributed by atoms with E-state index in [1.54, 1.807) is 0 Å². The zero-order valence-electron chi connectivity index (χ0n) is 6.39. The molecule has 0 saturated heterocycles. The van der Waals surface area contributed by atoms with Crippen molar-refractivity contribution in [2.24, 2.45) is 11.8 Å². The summed E-state index contributed by atoms with van der Waals surface area (Å²) >= 11 is 0. The topological polar surface area (TPSA) is 18.5 Å². The van der Waals surface area contributed by atoms with Gasteiger partial charge in [-0.25, -0.2) is 0 Å². The molecule has 1 heterocycles. The van der Waals surface area contributed by atoms with Crippen LogP contribution in [-0.4, -0.2) is 6.79 Å². The lowest BCUT2D eigenvalue weighted by atomic mass is 10.1. The molecule has 0 aromatic heterocycles. The minimum Gasteiger partial charge on any atom is -0.458 e. The molecule has 0 aromatic rings. The minimum absolute atomic E-state index is 0.444. The lowest BCUT2D eigenvalue weighted by molar-refractivity contribution is 0.0458. The fraction of sp³-hybridized carbons (Fsp3) is 0.750. The molecule has 56 valence electrons. The Morgan fingerprint density at radius 2 is 1.60 bits per heavy atom. The van der Waals surface area contributed by atoms with Gasteiger partial charge in [-0.3, -0.25) is 0 Å². The first-order valence-electron chi connectivity index (χ1n) is 3.78. The molecule has 2 nitrogen and oxygen atoms in total. The third-order valence-corrected chi connectivity index (χ3v) is 2.27. The van der Waals surface area contributed by atoms with Gasteiger partial charge in [0.05, 0.1) is 0 Å². The summed E-state index contributed by atoms with van der Waals surface area (Å²) in [4.78, 5) is 0. The Hall–Kier alpha value is -0.660. The molecule has 0 spiro atoms. The summed E-state index contributed by atoms with van der Waals surface area (Å²) in [5.74, 6) is 3.36. The fourth-order valence-corrected chi connectivity index (χ4v) is 1.81. The molecular weight excluding hydrogens is 128 g/mol. The highest BCUT2D eigenvalue weighted by atomic mass is 16.7. The van der Waals surface area contributed by atoms with Gasteiger partial charge in [0.15, 0.2) is 0 Å². The van der Waals surface area contributed by atoms with E-state index in [0.717, 1.165) is 11.5 Å². The van der Waals surface area contributed by atoms with Gasteiger partial charge in [0.2, 0.25) is 6.79 Å². The summed E-state index contributed by atoms with van der Waals surface area (Å²) < 4.78 is 10.6. The standard InChI is InChI=1S/C8H12O2/c1-5-3-6(2)8-7(5)9-4-10-8/h5-6H,3-4H2,1-2H3. The van der Waals surface area contributed by atoms with Gasteiger partial charge in [-0.05, 0) is 6.42 Å². The molecule has 1 aliphatic heterocycles. The zero-order valence-corrected chi connectivity index (χ0v) is 6.39. The van der Waals surface area contributed by atoms with Gasteiger partial charge < -0.3 is 9.47 Å². The average molecular weight is 140 g/mol. The molecule has 0 aromatic carbocycles. The molecule has 0 saturated carbocycles. The van der Waals surface area contributed by atoms with Crippen LogP contribution >= 0.6 is 0 Å². The summed E-state index contributed by atoms with van der Waals surface area (Å²) in [6.45, 7) is 4.82. The Bertz CT molecular complexity index is 166. The average Bonchev–Trinajstić information content (AvgIpc) is 2.39. The Labute approximate surface area is 60.8 Å². The van der Waals surface area contributed by atoms with Crippen molar-refractivity contribution < 1.29 is 9.47 Å². The molecular formula is C8H12O2. The van der Waals surface area contributed by atoms with Gasteiger partial charge in [-0.15, -0.1) is 0 Å².